The molecule has 0 aliphatic carbocycles. The maximum absolute atomic E-state index is 11.9. The van der Waals surface area contributed by atoms with Gasteiger partial charge < -0.3 is 15.2 Å². The van der Waals surface area contributed by atoms with Crippen molar-refractivity contribution in [2.45, 2.75) is 6.92 Å². The Labute approximate surface area is 142 Å². The molecule has 1 heterocycles. The normalized spacial score (nSPS) is 11.2. The van der Waals surface area contributed by atoms with E-state index in [4.69, 9.17) is 10.00 Å². The molecule has 2 aromatic rings. The van der Waals surface area contributed by atoms with Crippen molar-refractivity contribution in [3.8, 4) is 6.07 Å². The topological polar surface area (TPSA) is 99.4 Å². The van der Waals surface area contributed by atoms with Crippen molar-refractivity contribution in [2.75, 3.05) is 11.9 Å². The van der Waals surface area contributed by atoms with Gasteiger partial charge in [-0.3, -0.25) is 4.79 Å². The number of hydrogen-bond acceptors (Lipinski definition) is 6. The highest BCUT2D eigenvalue weighted by Gasteiger charge is 2.17. The van der Waals surface area contributed by atoms with E-state index < -0.39 is 17.3 Å². The minimum atomic E-state index is -0.882. The summed E-state index contributed by atoms with van der Waals surface area (Å²) in [4.78, 5) is 24.1. The molecule has 6 nitrogen and oxygen atoms in total. The van der Waals surface area contributed by atoms with E-state index in [0.29, 0.717) is 10.6 Å². The lowest BCUT2D eigenvalue weighted by Gasteiger charge is -2.07. The van der Waals surface area contributed by atoms with E-state index in [-0.39, 0.29) is 18.1 Å². The smallest absolute Gasteiger partial charge is 0.352 e. The van der Waals surface area contributed by atoms with Gasteiger partial charge in [0.25, 0.3) is 5.91 Å². The van der Waals surface area contributed by atoms with Crippen LogP contribution >= 0.6 is 11.3 Å². The molecular weight excluding hydrogens is 328 g/mol. The Morgan fingerprint density at radius 3 is 2.54 bits per heavy atom. The van der Waals surface area contributed by atoms with Crippen molar-refractivity contribution in [3.63, 3.8) is 0 Å². The summed E-state index contributed by atoms with van der Waals surface area (Å²) in [5.41, 5.74) is 0.334. The summed E-state index contributed by atoms with van der Waals surface area (Å²) in [7, 11) is 0. The first-order valence-electron chi connectivity index (χ1n) is 7.02. The fraction of sp³-hybridized carbons (Fsp3) is 0.118. The highest BCUT2D eigenvalue weighted by atomic mass is 32.1. The molecule has 1 aromatic carbocycles. The second kappa shape index (κ2) is 7.94. The maximum atomic E-state index is 11.9. The molecule has 7 heteroatoms. The van der Waals surface area contributed by atoms with Crippen LogP contribution in [0.5, 0.6) is 0 Å². The first kappa shape index (κ1) is 17.2. The van der Waals surface area contributed by atoms with Gasteiger partial charge in [-0.25, -0.2) is 4.79 Å². The lowest BCUT2D eigenvalue weighted by molar-refractivity contribution is -0.138. The number of aliphatic hydroxyl groups is 1. The molecule has 2 rings (SSSR count). The third kappa shape index (κ3) is 4.00. The Hall–Kier alpha value is -3.11. The van der Waals surface area contributed by atoms with E-state index in [1.54, 1.807) is 42.6 Å². The second-order valence-electron chi connectivity index (χ2n) is 4.56. The van der Waals surface area contributed by atoms with Crippen LogP contribution in [0.4, 0.5) is 5.69 Å². The third-order valence-corrected chi connectivity index (χ3v) is 3.86. The highest BCUT2D eigenvalue weighted by molar-refractivity contribution is 7.12. The number of carbonyl (C=O) groups excluding carboxylic acids is 2. The number of carbonyl (C=O) groups is 2. The van der Waals surface area contributed by atoms with Gasteiger partial charge in [0, 0.05) is 11.3 Å². The van der Waals surface area contributed by atoms with Gasteiger partial charge in [-0.15, -0.1) is 11.3 Å². The Balaban J connectivity index is 2.18. The van der Waals surface area contributed by atoms with Crippen LogP contribution in [0.3, 0.4) is 0 Å². The molecule has 1 amide bonds. The molecule has 0 aliphatic rings. The largest absolute Gasteiger partial charge is 0.506 e. The van der Waals surface area contributed by atoms with Crippen LogP contribution < -0.4 is 5.32 Å². The molecule has 1 aromatic heterocycles. The zero-order chi connectivity index (χ0) is 17.5. The summed E-state index contributed by atoms with van der Waals surface area (Å²) in [5.74, 6) is -1.58. The average Bonchev–Trinajstić information content (AvgIpc) is 3.11. The van der Waals surface area contributed by atoms with Gasteiger partial charge in [0.2, 0.25) is 0 Å². The number of rotatable bonds is 5. The number of nitrogens with one attached hydrogen (secondary N) is 1. The maximum Gasteiger partial charge on any atom is 0.352 e. The molecule has 24 heavy (non-hydrogen) atoms. The lowest BCUT2D eigenvalue weighted by Crippen LogP contribution is -2.10. The summed E-state index contributed by atoms with van der Waals surface area (Å²) in [6.45, 7) is 1.71. The quantitative estimate of drug-likeness (QED) is 0.376. The minimum Gasteiger partial charge on any atom is -0.506 e. The second-order valence-corrected chi connectivity index (χ2v) is 5.51. The average molecular weight is 342 g/mol. The third-order valence-electron chi connectivity index (χ3n) is 2.99. The number of ether oxygens (including phenoxy) is 1. The molecule has 0 atom stereocenters. The van der Waals surface area contributed by atoms with Gasteiger partial charge in [0.1, 0.15) is 11.8 Å². The van der Waals surface area contributed by atoms with Crippen molar-refractivity contribution in [1.82, 2.24) is 0 Å². The number of anilines is 1. The Bertz CT molecular complexity index is 802. The van der Waals surface area contributed by atoms with Crippen LogP contribution in [0, 0.1) is 11.3 Å². The molecule has 0 unspecified atom stereocenters. The van der Waals surface area contributed by atoms with Crippen molar-refractivity contribution in [3.05, 3.63) is 57.8 Å². The Morgan fingerprint density at radius 1 is 1.29 bits per heavy atom. The predicted octanol–water partition coefficient (Wildman–Crippen LogP) is 3.36. The van der Waals surface area contributed by atoms with Crippen LogP contribution in [0.1, 0.15) is 22.2 Å². The zero-order valence-electron chi connectivity index (χ0n) is 12.8. The molecule has 2 N–H and O–H groups in total. The minimum absolute atomic E-state index is 0.102. The fourth-order valence-electron chi connectivity index (χ4n) is 1.85. The summed E-state index contributed by atoms with van der Waals surface area (Å²) in [5, 5.41) is 23.6. The van der Waals surface area contributed by atoms with Gasteiger partial charge in [0.15, 0.2) is 5.57 Å². The van der Waals surface area contributed by atoms with Gasteiger partial charge in [-0.05, 0) is 42.6 Å². The van der Waals surface area contributed by atoms with E-state index in [1.165, 1.54) is 23.5 Å². The highest BCUT2D eigenvalue weighted by Crippen LogP contribution is 2.20. The number of benzene rings is 1. The van der Waals surface area contributed by atoms with Crippen molar-refractivity contribution >= 4 is 34.7 Å². The van der Waals surface area contributed by atoms with E-state index in [2.05, 4.69) is 5.32 Å². The monoisotopic (exact) mass is 342 g/mol. The molecule has 0 saturated carbocycles. The molecule has 0 spiro atoms. The van der Waals surface area contributed by atoms with E-state index >= 15 is 0 Å². The molecule has 0 saturated heterocycles. The van der Waals surface area contributed by atoms with Gasteiger partial charge >= 0.3 is 5.97 Å². The van der Waals surface area contributed by atoms with E-state index in [1.807, 2.05) is 0 Å². The standard InChI is InChI=1S/C17H14N2O4S/c1-2-23-17(22)13(10-18)15(20)11-5-7-12(8-6-11)19-16(21)14-4-3-9-24-14/h3-9,20H,2H2,1H3,(H,19,21)/b15-13-. The van der Waals surface area contributed by atoms with Gasteiger partial charge in [0.05, 0.1) is 11.5 Å². The zero-order valence-corrected chi connectivity index (χ0v) is 13.6. The van der Waals surface area contributed by atoms with Crippen molar-refractivity contribution in [1.29, 1.82) is 5.26 Å². The van der Waals surface area contributed by atoms with Crippen LogP contribution in [-0.4, -0.2) is 23.6 Å². The number of nitriles is 1. The van der Waals surface area contributed by atoms with Crippen LogP contribution in [-0.2, 0) is 9.53 Å². The SMILES string of the molecule is CCOC(=O)/C(C#N)=C(\O)c1ccc(NC(=O)c2cccs2)cc1. The Morgan fingerprint density at radius 2 is 2.00 bits per heavy atom. The summed E-state index contributed by atoms with van der Waals surface area (Å²) in [6.07, 6.45) is 0. The number of thiophene rings is 1. The number of amides is 1. The predicted molar refractivity (Wildman–Crippen MR) is 90.5 cm³/mol. The summed E-state index contributed by atoms with van der Waals surface area (Å²) < 4.78 is 4.72. The summed E-state index contributed by atoms with van der Waals surface area (Å²) in [6, 6.07) is 11.3. The number of nitrogens with zero attached hydrogens (tertiary/aromatic N) is 1. The van der Waals surface area contributed by atoms with Gasteiger partial charge in [-0.1, -0.05) is 6.07 Å². The summed E-state index contributed by atoms with van der Waals surface area (Å²) >= 11 is 1.33. The number of aliphatic hydroxyl groups excluding tert-OH is 1. The molecule has 0 radical (unpaired) electrons. The molecule has 122 valence electrons. The number of esters is 1. The van der Waals surface area contributed by atoms with Gasteiger partial charge in [-0.2, -0.15) is 5.26 Å². The van der Waals surface area contributed by atoms with Crippen LogP contribution in [0.15, 0.2) is 47.4 Å². The van der Waals surface area contributed by atoms with Crippen molar-refractivity contribution in [2.24, 2.45) is 0 Å². The first-order chi connectivity index (χ1) is 11.6. The first-order valence-corrected chi connectivity index (χ1v) is 7.90. The van der Waals surface area contributed by atoms with Crippen LogP contribution in [0.2, 0.25) is 0 Å². The lowest BCUT2D eigenvalue weighted by atomic mass is 10.1. The molecule has 0 aliphatic heterocycles. The van der Waals surface area contributed by atoms with Crippen molar-refractivity contribution < 1.29 is 19.4 Å². The van der Waals surface area contributed by atoms with E-state index in [9.17, 15) is 14.7 Å². The fourth-order valence-corrected chi connectivity index (χ4v) is 2.47. The van der Waals surface area contributed by atoms with Crippen LogP contribution in [0.25, 0.3) is 5.76 Å². The Kier molecular flexibility index (Phi) is 5.71. The molecular formula is C17H14N2O4S. The number of hydrogen-bond donors (Lipinski definition) is 2. The molecule has 0 fully saturated rings. The van der Waals surface area contributed by atoms with E-state index in [0.717, 1.165) is 0 Å². The molecule has 0 bridgehead atoms.